The van der Waals surface area contributed by atoms with Crippen molar-refractivity contribution >= 4 is 23.3 Å². The van der Waals surface area contributed by atoms with Crippen molar-refractivity contribution in [1.82, 2.24) is 25.7 Å². The Kier molecular flexibility index (Phi) is 7.61. The standard InChI is InChI=1S/C29H36ClN7O2/c30-25-13-24(4-1-21(25)14-31)39-23-5-2-22(3-6-23)33-28(38)26-7-8-27(35-34-26)37-18-29(19-37)16-36(17-29)15-20-9-11-32-12-10-20/h1,4,7-8,13,20,22-23,32H,2-3,5-6,9-12,15-19H2,(H,33,38). The van der Waals surface area contributed by atoms with Gasteiger partial charge in [-0.15, -0.1) is 10.2 Å². The second-order valence-corrected chi connectivity index (χ2v) is 12.2. The Hall–Kier alpha value is -2.93. The SMILES string of the molecule is N#Cc1ccc(OC2CCC(NC(=O)c3ccc(N4CC5(CN(CC6CCNCC6)C5)C4)nn3)CC2)cc1Cl. The Labute approximate surface area is 234 Å². The third kappa shape index (κ3) is 5.98. The number of nitrogens with zero attached hydrogens (tertiary/aromatic N) is 5. The number of aromatic nitrogens is 2. The lowest BCUT2D eigenvalue weighted by Crippen LogP contribution is -2.72. The molecule has 2 aromatic rings. The van der Waals surface area contributed by atoms with Gasteiger partial charge in [0, 0.05) is 50.2 Å². The van der Waals surface area contributed by atoms with E-state index in [-0.39, 0.29) is 18.1 Å². The van der Waals surface area contributed by atoms with Crippen LogP contribution >= 0.6 is 11.6 Å². The number of nitriles is 1. The molecule has 0 bridgehead atoms. The molecule has 0 radical (unpaired) electrons. The fourth-order valence-corrected chi connectivity index (χ4v) is 6.85. The van der Waals surface area contributed by atoms with Crippen LogP contribution in [0, 0.1) is 22.7 Å². The molecular weight excluding hydrogens is 514 g/mol. The first-order valence-electron chi connectivity index (χ1n) is 14.2. The lowest BCUT2D eigenvalue weighted by molar-refractivity contribution is -0.0331. The predicted octanol–water partition coefficient (Wildman–Crippen LogP) is 3.24. The number of ether oxygens (including phenoxy) is 1. The van der Waals surface area contributed by atoms with Crippen molar-refractivity contribution < 1.29 is 9.53 Å². The second kappa shape index (κ2) is 11.3. The van der Waals surface area contributed by atoms with Gasteiger partial charge in [0.15, 0.2) is 11.5 Å². The van der Waals surface area contributed by atoms with E-state index in [0.717, 1.165) is 63.6 Å². The summed E-state index contributed by atoms with van der Waals surface area (Å²) in [6.07, 6.45) is 5.99. The van der Waals surface area contributed by atoms with Crippen molar-refractivity contribution in [2.75, 3.05) is 50.7 Å². The Bertz CT molecular complexity index is 1210. The van der Waals surface area contributed by atoms with E-state index in [2.05, 4.69) is 36.7 Å². The molecule has 1 aromatic carbocycles. The van der Waals surface area contributed by atoms with Crippen molar-refractivity contribution in [2.24, 2.45) is 11.3 Å². The number of halogens is 1. The van der Waals surface area contributed by atoms with E-state index in [1.807, 2.05) is 6.07 Å². The molecule has 2 N–H and O–H groups in total. The molecular formula is C29H36ClN7O2. The quantitative estimate of drug-likeness (QED) is 0.542. The molecule has 3 saturated heterocycles. The number of amides is 1. The monoisotopic (exact) mass is 549 g/mol. The summed E-state index contributed by atoms with van der Waals surface area (Å²) < 4.78 is 6.05. The molecule has 39 heavy (non-hydrogen) atoms. The van der Waals surface area contributed by atoms with E-state index in [1.54, 1.807) is 24.3 Å². The Morgan fingerprint density at radius 1 is 1.08 bits per heavy atom. The van der Waals surface area contributed by atoms with E-state index in [0.29, 0.717) is 27.4 Å². The molecule has 1 spiro atoms. The third-order valence-corrected chi connectivity index (χ3v) is 9.04. The smallest absolute Gasteiger partial charge is 0.272 e. The molecule has 1 saturated carbocycles. The van der Waals surface area contributed by atoms with Gasteiger partial charge in [-0.3, -0.25) is 4.79 Å². The summed E-state index contributed by atoms with van der Waals surface area (Å²) in [4.78, 5) is 17.7. The zero-order chi connectivity index (χ0) is 26.8. The van der Waals surface area contributed by atoms with E-state index in [9.17, 15) is 4.79 Å². The maximum Gasteiger partial charge on any atom is 0.272 e. The lowest BCUT2D eigenvalue weighted by Gasteiger charge is -2.61. The van der Waals surface area contributed by atoms with Crippen LogP contribution in [0.2, 0.25) is 5.02 Å². The van der Waals surface area contributed by atoms with Crippen LogP contribution in [0.25, 0.3) is 0 Å². The molecule has 1 aliphatic carbocycles. The highest BCUT2D eigenvalue weighted by atomic mass is 35.5. The fraction of sp³-hybridized carbons (Fsp3) is 0.586. The normalized spacial score (nSPS) is 24.9. The summed E-state index contributed by atoms with van der Waals surface area (Å²) in [5, 5.41) is 24.6. The topological polar surface area (TPSA) is 106 Å². The van der Waals surface area contributed by atoms with Gasteiger partial charge in [-0.05, 0) is 81.8 Å². The molecule has 4 heterocycles. The summed E-state index contributed by atoms with van der Waals surface area (Å²) in [6, 6.07) is 11.0. The fourth-order valence-electron chi connectivity index (χ4n) is 6.64. The first-order valence-corrected chi connectivity index (χ1v) is 14.6. The van der Waals surface area contributed by atoms with Gasteiger partial charge in [0.2, 0.25) is 0 Å². The summed E-state index contributed by atoms with van der Waals surface area (Å²) in [5.74, 6) is 2.20. The largest absolute Gasteiger partial charge is 0.490 e. The highest BCUT2D eigenvalue weighted by molar-refractivity contribution is 6.31. The molecule has 0 unspecified atom stereocenters. The number of anilines is 1. The molecule has 0 atom stereocenters. The number of likely N-dealkylation sites (tertiary alicyclic amines) is 1. The average Bonchev–Trinajstić information content (AvgIpc) is 2.91. The van der Waals surface area contributed by atoms with Crippen LogP contribution < -0.4 is 20.3 Å². The van der Waals surface area contributed by atoms with Crippen molar-refractivity contribution in [3.63, 3.8) is 0 Å². The number of benzene rings is 1. The number of hydrogen-bond donors (Lipinski definition) is 2. The minimum absolute atomic E-state index is 0.0633. The van der Waals surface area contributed by atoms with Crippen LogP contribution in [0.4, 0.5) is 5.82 Å². The number of carbonyl (C=O) groups is 1. The van der Waals surface area contributed by atoms with Gasteiger partial charge >= 0.3 is 0 Å². The maximum atomic E-state index is 12.8. The Balaban J connectivity index is 0.915. The predicted molar refractivity (Wildman–Crippen MR) is 149 cm³/mol. The van der Waals surface area contributed by atoms with Crippen LogP contribution in [0.1, 0.15) is 54.6 Å². The number of piperidine rings is 1. The maximum absolute atomic E-state index is 12.8. The van der Waals surface area contributed by atoms with Crippen molar-refractivity contribution in [3.05, 3.63) is 46.6 Å². The van der Waals surface area contributed by atoms with Gasteiger partial charge in [0.05, 0.1) is 16.7 Å². The van der Waals surface area contributed by atoms with Crippen LogP contribution in [-0.4, -0.2) is 79.0 Å². The van der Waals surface area contributed by atoms with Gasteiger partial charge < -0.3 is 25.2 Å². The minimum Gasteiger partial charge on any atom is -0.490 e. The van der Waals surface area contributed by atoms with Crippen LogP contribution in [0.15, 0.2) is 30.3 Å². The number of nitrogens with one attached hydrogen (secondary N) is 2. The Morgan fingerprint density at radius 3 is 2.51 bits per heavy atom. The third-order valence-electron chi connectivity index (χ3n) is 8.73. The van der Waals surface area contributed by atoms with E-state index in [4.69, 9.17) is 21.6 Å². The zero-order valence-electron chi connectivity index (χ0n) is 22.2. The minimum atomic E-state index is -0.176. The first-order chi connectivity index (χ1) is 19.0. The lowest BCUT2D eigenvalue weighted by atomic mass is 9.72. The molecule has 6 rings (SSSR count). The van der Waals surface area contributed by atoms with Crippen molar-refractivity contribution in [1.29, 1.82) is 5.26 Å². The molecule has 3 aliphatic heterocycles. The van der Waals surface area contributed by atoms with Crippen LogP contribution in [0.5, 0.6) is 5.75 Å². The summed E-state index contributed by atoms with van der Waals surface area (Å²) >= 11 is 6.11. The second-order valence-electron chi connectivity index (χ2n) is 11.8. The molecule has 1 aromatic heterocycles. The van der Waals surface area contributed by atoms with Crippen LogP contribution in [0.3, 0.4) is 0 Å². The van der Waals surface area contributed by atoms with E-state index < -0.39 is 0 Å². The van der Waals surface area contributed by atoms with Gasteiger partial charge in [-0.2, -0.15) is 5.26 Å². The van der Waals surface area contributed by atoms with Gasteiger partial charge in [-0.25, -0.2) is 0 Å². The molecule has 10 heteroatoms. The highest BCUT2D eigenvalue weighted by Gasteiger charge is 2.52. The van der Waals surface area contributed by atoms with Gasteiger partial charge in [-0.1, -0.05) is 11.6 Å². The number of hydrogen-bond acceptors (Lipinski definition) is 8. The average molecular weight is 550 g/mol. The molecule has 1 amide bonds. The number of carbonyl (C=O) groups excluding carboxylic acids is 1. The highest BCUT2D eigenvalue weighted by Crippen LogP contribution is 2.41. The number of rotatable bonds is 7. The summed E-state index contributed by atoms with van der Waals surface area (Å²) in [6.45, 7) is 8.00. The van der Waals surface area contributed by atoms with Crippen LogP contribution in [-0.2, 0) is 0 Å². The molecule has 4 aliphatic rings. The van der Waals surface area contributed by atoms with Gasteiger partial charge in [0.1, 0.15) is 11.8 Å². The summed E-state index contributed by atoms with van der Waals surface area (Å²) in [7, 11) is 0. The zero-order valence-corrected chi connectivity index (χ0v) is 23.0. The first kappa shape index (κ1) is 26.3. The molecule has 9 nitrogen and oxygen atoms in total. The van der Waals surface area contributed by atoms with E-state index >= 15 is 0 Å². The molecule has 206 valence electrons. The van der Waals surface area contributed by atoms with Crippen molar-refractivity contribution in [3.8, 4) is 11.8 Å². The van der Waals surface area contributed by atoms with Crippen molar-refractivity contribution in [2.45, 2.75) is 50.7 Å². The van der Waals surface area contributed by atoms with Gasteiger partial charge in [0.25, 0.3) is 5.91 Å². The molecule has 4 fully saturated rings. The Morgan fingerprint density at radius 2 is 1.85 bits per heavy atom. The summed E-state index contributed by atoms with van der Waals surface area (Å²) in [5.41, 5.74) is 1.21. The van der Waals surface area contributed by atoms with E-state index in [1.165, 1.54) is 32.5 Å².